The molecular weight excluding hydrogens is 214 g/mol. The van der Waals surface area contributed by atoms with Gasteiger partial charge in [0.25, 0.3) is 0 Å². The molecule has 0 aromatic carbocycles. The molecule has 0 amide bonds. The largest absolute Gasteiger partial charge is 0.383 e. The number of hydrogen-bond acceptors (Lipinski definition) is 3. The first kappa shape index (κ1) is 14.7. The van der Waals surface area contributed by atoms with E-state index >= 15 is 0 Å². The van der Waals surface area contributed by atoms with Gasteiger partial charge in [0.15, 0.2) is 0 Å². The lowest BCUT2D eigenvalue weighted by Gasteiger charge is -2.30. The molecule has 3 nitrogen and oxygen atoms in total. The SMILES string of the molecule is CC.COC/C=C1\CN2CCCC2(COC)C1. The average molecular weight is 241 g/mol. The highest BCUT2D eigenvalue weighted by Gasteiger charge is 2.45. The summed E-state index contributed by atoms with van der Waals surface area (Å²) in [7, 11) is 3.56. The Bertz CT molecular complexity index is 253. The van der Waals surface area contributed by atoms with Gasteiger partial charge in [0.2, 0.25) is 0 Å². The van der Waals surface area contributed by atoms with Gasteiger partial charge in [-0.1, -0.05) is 25.5 Å². The Morgan fingerprint density at radius 1 is 1.29 bits per heavy atom. The van der Waals surface area contributed by atoms with Gasteiger partial charge in [0.1, 0.15) is 0 Å². The number of hydrogen-bond donors (Lipinski definition) is 0. The smallest absolute Gasteiger partial charge is 0.0649 e. The van der Waals surface area contributed by atoms with Crippen LogP contribution in [0.1, 0.15) is 33.1 Å². The summed E-state index contributed by atoms with van der Waals surface area (Å²) >= 11 is 0. The van der Waals surface area contributed by atoms with E-state index in [1.807, 2.05) is 21.0 Å². The molecule has 0 N–H and O–H groups in total. The van der Waals surface area contributed by atoms with Gasteiger partial charge in [-0.05, 0) is 25.8 Å². The van der Waals surface area contributed by atoms with Crippen LogP contribution in [0.4, 0.5) is 0 Å². The molecule has 2 aliphatic heterocycles. The summed E-state index contributed by atoms with van der Waals surface area (Å²) in [6, 6.07) is 0. The van der Waals surface area contributed by atoms with Gasteiger partial charge in [-0.3, -0.25) is 4.90 Å². The Labute approximate surface area is 106 Å². The van der Waals surface area contributed by atoms with Crippen molar-refractivity contribution < 1.29 is 9.47 Å². The molecule has 2 rings (SSSR count). The molecule has 0 bridgehead atoms. The molecule has 2 fully saturated rings. The maximum absolute atomic E-state index is 5.38. The second-order valence-electron chi connectivity index (χ2n) is 4.68. The van der Waals surface area contributed by atoms with Crippen LogP contribution >= 0.6 is 0 Å². The van der Waals surface area contributed by atoms with Gasteiger partial charge in [0.05, 0.1) is 13.2 Å². The van der Waals surface area contributed by atoms with Crippen LogP contribution in [0.15, 0.2) is 11.6 Å². The molecule has 2 aliphatic rings. The van der Waals surface area contributed by atoms with Crippen LogP contribution < -0.4 is 0 Å². The standard InChI is InChI=1S/C12H21NO2.C2H6/c1-14-7-4-11-8-12(10-15-2)5-3-6-13(12)9-11;1-2/h4H,3,5-10H2,1-2H3;1-2H3/b11-4-;. The van der Waals surface area contributed by atoms with E-state index in [1.165, 1.54) is 31.4 Å². The van der Waals surface area contributed by atoms with Crippen molar-refractivity contribution in [2.75, 3.05) is 40.5 Å². The number of ether oxygens (including phenoxy) is 2. The van der Waals surface area contributed by atoms with E-state index in [9.17, 15) is 0 Å². The van der Waals surface area contributed by atoms with E-state index in [1.54, 1.807) is 7.11 Å². The summed E-state index contributed by atoms with van der Waals surface area (Å²) in [6.07, 6.45) is 6.01. The molecule has 0 saturated carbocycles. The van der Waals surface area contributed by atoms with E-state index in [-0.39, 0.29) is 0 Å². The fourth-order valence-corrected chi connectivity index (χ4v) is 2.99. The Morgan fingerprint density at radius 3 is 2.71 bits per heavy atom. The molecule has 17 heavy (non-hydrogen) atoms. The van der Waals surface area contributed by atoms with Crippen LogP contribution in [0, 0.1) is 0 Å². The van der Waals surface area contributed by atoms with Crippen molar-refractivity contribution in [3.63, 3.8) is 0 Å². The molecule has 2 heterocycles. The van der Waals surface area contributed by atoms with Gasteiger partial charge in [-0.2, -0.15) is 0 Å². The van der Waals surface area contributed by atoms with Crippen molar-refractivity contribution in [2.45, 2.75) is 38.6 Å². The molecular formula is C14H27NO2. The van der Waals surface area contributed by atoms with Gasteiger partial charge in [-0.25, -0.2) is 0 Å². The molecule has 0 aromatic heterocycles. The molecule has 0 spiro atoms. The molecule has 0 radical (unpaired) electrons. The van der Waals surface area contributed by atoms with Gasteiger partial charge in [-0.15, -0.1) is 0 Å². The summed E-state index contributed by atoms with van der Waals surface area (Å²) in [5.41, 5.74) is 1.84. The highest BCUT2D eigenvalue weighted by atomic mass is 16.5. The quantitative estimate of drug-likeness (QED) is 0.706. The van der Waals surface area contributed by atoms with Crippen molar-refractivity contribution in [2.24, 2.45) is 0 Å². The highest BCUT2D eigenvalue weighted by molar-refractivity contribution is 5.20. The van der Waals surface area contributed by atoms with E-state index in [2.05, 4.69) is 11.0 Å². The van der Waals surface area contributed by atoms with Crippen molar-refractivity contribution in [1.82, 2.24) is 4.90 Å². The van der Waals surface area contributed by atoms with Gasteiger partial charge in [0, 0.05) is 26.3 Å². The number of fused-ring (bicyclic) bond motifs is 1. The van der Waals surface area contributed by atoms with Crippen LogP contribution in [-0.4, -0.2) is 51.0 Å². The fourth-order valence-electron chi connectivity index (χ4n) is 2.99. The Morgan fingerprint density at radius 2 is 2.06 bits per heavy atom. The fraction of sp³-hybridized carbons (Fsp3) is 0.857. The van der Waals surface area contributed by atoms with Crippen LogP contribution in [-0.2, 0) is 9.47 Å². The lowest BCUT2D eigenvalue weighted by atomic mass is 9.93. The molecule has 3 heteroatoms. The predicted molar refractivity (Wildman–Crippen MR) is 71.3 cm³/mol. The van der Waals surface area contributed by atoms with Crippen molar-refractivity contribution in [3.8, 4) is 0 Å². The van der Waals surface area contributed by atoms with Crippen molar-refractivity contribution in [3.05, 3.63) is 11.6 Å². The third-order valence-corrected chi connectivity index (χ3v) is 3.64. The summed E-state index contributed by atoms with van der Waals surface area (Å²) in [4.78, 5) is 2.58. The minimum Gasteiger partial charge on any atom is -0.383 e. The zero-order valence-corrected chi connectivity index (χ0v) is 11.8. The average Bonchev–Trinajstić information content (AvgIpc) is 2.85. The van der Waals surface area contributed by atoms with Crippen LogP contribution in [0.5, 0.6) is 0 Å². The number of methoxy groups -OCH3 is 2. The summed E-state index contributed by atoms with van der Waals surface area (Å²) < 4.78 is 10.5. The van der Waals surface area contributed by atoms with Gasteiger partial charge < -0.3 is 9.47 Å². The zero-order valence-electron chi connectivity index (χ0n) is 11.8. The van der Waals surface area contributed by atoms with E-state index in [0.717, 1.165) is 19.8 Å². The van der Waals surface area contributed by atoms with Gasteiger partial charge >= 0.3 is 0 Å². The maximum atomic E-state index is 5.38. The first-order valence-electron chi connectivity index (χ1n) is 6.71. The summed E-state index contributed by atoms with van der Waals surface area (Å²) in [6.45, 7) is 7.96. The first-order chi connectivity index (χ1) is 8.30. The Balaban J connectivity index is 0.000000686. The Hall–Kier alpha value is -0.380. The molecule has 1 atom stereocenters. The summed E-state index contributed by atoms with van der Waals surface area (Å²) in [5, 5.41) is 0. The first-order valence-corrected chi connectivity index (χ1v) is 6.71. The molecule has 0 aliphatic carbocycles. The van der Waals surface area contributed by atoms with Crippen LogP contribution in [0.25, 0.3) is 0 Å². The molecule has 2 saturated heterocycles. The minimum absolute atomic E-state index is 0.314. The van der Waals surface area contributed by atoms with Crippen LogP contribution in [0.3, 0.4) is 0 Å². The number of rotatable bonds is 4. The normalized spacial score (nSPS) is 30.2. The van der Waals surface area contributed by atoms with Crippen molar-refractivity contribution >= 4 is 0 Å². The third-order valence-electron chi connectivity index (χ3n) is 3.64. The second-order valence-corrected chi connectivity index (χ2v) is 4.68. The molecule has 1 unspecified atom stereocenters. The minimum atomic E-state index is 0.314. The lowest BCUT2D eigenvalue weighted by molar-refractivity contribution is 0.0656. The topological polar surface area (TPSA) is 21.7 Å². The monoisotopic (exact) mass is 241 g/mol. The second kappa shape index (κ2) is 7.14. The number of nitrogens with zero attached hydrogens (tertiary/aromatic N) is 1. The van der Waals surface area contributed by atoms with E-state index < -0.39 is 0 Å². The molecule has 100 valence electrons. The van der Waals surface area contributed by atoms with E-state index in [0.29, 0.717) is 5.54 Å². The summed E-state index contributed by atoms with van der Waals surface area (Å²) in [5.74, 6) is 0. The molecule has 0 aromatic rings. The Kier molecular flexibility index (Phi) is 6.17. The highest BCUT2D eigenvalue weighted by Crippen LogP contribution is 2.41. The zero-order chi connectivity index (χ0) is 12.7. The van der Waals surface area contributed by atoms with Crippen LogP contribution in [0.2, 0.25) is 0 Å². The third kappa shape index (κ3) is 3.30. The van der Waals surface area contributed by atoms with E-state index in [4.69, 9.17) is 9.47 Å². The lowest BCUT2D eigenvalue weighted by Crippen LogP contribution is -2.42. The predicted octanol–water partition coefficient (Wildman–Crippen LogP) is 2.47. The van der Waals surface area contributed by atoms with Crippen molar-refractivity contribution in [1.29, 1.82) is 0 Å². The maximum Gasteiger partial charge on any atom is 0.0649 e.